The number of unbranched alkanes of at least 4 members (excludes halogenated alkanes) is 23. The van der Waals surface area contributed by atoms with Crippen LogP contribution in [0.3, 0.4) is 0 Å². The molecule has 2 atom stereocenters. The number of carbonyl (C=O) groups is 2. The van der Waals surface area contributed by atoms with Crippen LogP contribution < -0.4 is 4.89 Å². The molecule has 0 spiro atoms. The Hall–Kier alpha value is -2.81. The summed E-state index contributed by atoms with van der Waals surface area (Å²) in [6.07, 6.45) is 68.6. The van der Waals surface area contributed by atoms with Crippen LogP contribution in [0.25, 0.3) is 0 Å². The van der Waals surface area contributed by atoms with Crippen LogP contribution in [0.2, 0.25) is 0 Å². The molecule has 0 saturated heterocycles. The molecule has 0 aromatic heterocycles. The van der Waals surface area contributed by atoms with Gasteiger partial charge in [0.15, 0.2) is 6.10 Å². The Morgan fingerprint density at radius 2 is 0.814 bits per heavy atom. The topological polar surface area (TPSA) is 111 Å². The normalized spacial score (nSPS) is 14.0. The van der Waals surface area contributed by atoms with Crippen molar-refractivity contribution >= 4 is 19.8 Å². The molecule has 0 radical (unpaired) electrons. The van der Waals surface area contributed by atoms with E-state index < -0.39 is 32.5 Å². The third-order valence-electron chi connectivity index (χ3n) is 11.9. The summed E-state index contributed by atoms with van der Waals surface area (Å²) >= 11 is 0. The first kappa shape index (κ1) is 67.2. The van der Waals surface area contributed by atoms with E-state index >= 15 is 0 Å². The summed E-state index contributed by atoms with van der Waals surface area (Å²) in [6.45, 7) is 4.02. The lowest BCUT2D eigenvalue weighted by Crippen LogP contribution is -2.37. The molecule has 0 aliphatic carbocycles. The van der Waals surface area contributed by atoms with Crippen molar-refractivity contribution in [1.82, 2.24) is 0 Å². The number of allylic oxidation sites excluding steroid dienone is 14. The average molecular weight is 1000 g/mol. The van der Waals surface area contributed by atoms with Gasteiger partial charge in [-0.1, -0.05) is 234 Å². The number of ether oxygens (including phenoxy) is 2. The lowest BCUT2D eigenvalue weighted by atomic mass is 10.0. The van der Waals surface area contributed by atoms with Gasteiger partial charge in [0.05, 0.1) is 27.7 Å². The Kier molecular flexibility index (Phi) is 49.1. The second-order valence-corrected chi connectivity index (χ2v) is 21.3. The van der Waals surface area contributed by atoms with Crippen LogP contribution in [-0.4, -0.2) is 70.0 Å². The van der Waals surface area contributed by atoms with E-state index in [-0.39, 0.29) is 26.1 Å². The maximum atomic E-state index is 12.7. The summed E-state index contributed by atoms with van der Waals surface area (Å²) in [6, 6.07) is 0. The molecule has 0 bridgehead atoms. The minimum atomic E-state index is -4.62. The lowest BCUT2D eigenvalue weighted by Gasteiger charge is -2.28. The van der Waals surface area contributed by atoms with Crippen LogP contribution in [0, 0.1) is 0 Å². The molecule has 70 heavy (non-hydrogen) atoms. The standard InChI is InChI=1S/C60H106NO8P/c1-6-8-10-12-13-14-15-16-17-18-19-20-21-22-23-24-25-26-27-28-29-30-31-32-33-34-35-36-37-38-39-40-41-42-43-44-45-46-47-49-51-53-60(63)69-58(56-66-59(62)52-50-48-11-9-7-2)57-68-70(64,65)67-55-54-61(3,4)5/h8,10,13-14,16-17,19-20,22-23,25-26,28-29,58H,6-7,9,11-12,15,18,21,24,27,30-57H2,1-5H3/b10-8-,14-13-,17-16-,20-19-,23-22-,26-25-,29-28-. The second kappa shape index (κ2) is 51.1. The summed E-state index contributed by atoms with van der Waals surface area (Å²) in [5, 5.41) is 0. The van der Waals surface area contributed by atoms with Crippen LogP contribution in [0.5, 0.6) is 0 Å². The second-order valence-electron chi connectivity index (χ2n) is 19.9. The van der Waals surface area contributed by atoms with Gasteiger partial charge in [-0.25, -0.2) is 0 Å². The molecular weight excluding hydrogens is 894 g/mol. The van der Waals surface area contributed by atoms with Crippen molar-refractivity contribution in [2.24, 2.45) is 0 Å². The van der Waals surface area contributed by atoms with Gasteiger partial charge in [-0.15, -0.1) is 0 Å². The monoisotopic (exact) mass is 1000 g/mol. The highest BCUT2D eigenvalue weighted by Crippen LogP contribution is 2.38. The van der Waals surface area contributed by atoms with E-state index in [9.17, 15) is 19.0 Å². The average Bonchev–Trinajstić information content (AvgIpc) is 3.32. The van der Waals surface area contributed by atoms with E-state index in [1.54, 1.807) is 0 Å². The summed E-state index contributed by atoms with van der Waals surface area (Å²) in [5.74, 6) is -0.844. The fourth-order valence-electron chi connectivity index (χ4n) is 7.58. The number of nitrogens with zero attached hydrogens (tertiary/aromatic N) is 1. The molecule has 0 N–H and O–H groups in total. The summed E-state index contributed by atoms with van der Waals surface area (Å²) in [5.41, 5.74) is 0. The first-order chi connectivity index (χ1) is 34.0. The molecule has 0 aromatic carbocycles. The van der Waals surface area contributed by atoms with Gasteiger partial charge in [0, 0.05) is 12.8 Å². The number of rotatable bonds is 51. The van der Waals surface area contributed by atoms with Crippen molar-refractivity contribution < 1.29 is 42.1 Å². The molecule has 0 heterocycles. The highest BCUT2D eigenvalue weighted by molar-refractivity contribution is 7.45. The molecule has 10 heteroatoms. The molecule has 0 aliphatic rings. The Balaban J connectivity index is 3.79. The third kappa shape index (κ3) is 54.5. The van der Waals surface area contributed by atoms with Crippen LogP contribution in [0.1, 0.15) is 232 Å². The molecule has 0 saturated carbocycles. The maximum absolute atomic E-state index is 12.7. The predicted molar refractivity (Wildman–Crippen MR) is 296 cm³/mol. The molecular formula is C60H106NO8P. The number of quaternary nitrogens is 1. The maximum Gasteiger partial charge on any atom is 0.306 e. The zero-order valence-electron chi connectivity index (χ0n) is 45.7. The molecule has 2 unspecified atom stereocenters. The first-order valence-corrected chi connectivity index (χ1v) is 29.8. The lowest BCUT2D eigenvalue weighted by molar-refractivity contribution is -0.870. The molecule has 0 aliphatic heterocycles. The molecule has 0 rings (SSSR count). The highest BCUT2D eigenvalue weighted by atomic mass is 31.2. The minimum Gasteiger partial charge on any atom is -0.756 e. The molecule has 0 amide bonds. The van der Waals surface area contributed by atoms with Crippen molar-refractivity contribution in [2.45, 2.75) is 238 Å². The van der Waals surface area contributed by atoms with Crippen molar-refractivity contribution in [2.75, 3.05) is 47.5 Å². The van der Waals surface area contributed by atoms with Gasteiger partial charge in [-0.05, 0) is 70.6 Å². The number of phosphoric ester groups is 1. The molecule has 404 valence electrons. The summed E-state index contributed by atoms with van der Waals surface area (Å²) in [4.78, 5) is 37.3. The van der Waals surface area contributed by atoms with E-state index in [0.29, 0.717) is 17.4 Å². The van der Waals surface area contributed by atoms with Gasteiger partial charge in [-0.2, -0.15) is 0 Å². The van der Waals surface area contributed by atoms with Crippen LogP contribution in [0.15, 0.2) is 85.1 Å². The van der Waals surface area contributed by atoms with Crippen molar-refractivity contribution in [3.63, 3.8) is 0 Å². The van der Waals surface area contributed by atoms with Gasteiger partial charge < -0.3 is 27.9 Å². The van der Waals surface area contributed by atoms with E-state index in [1.807, 2.05) is 21.1 Å². The first-order valence-electron chi connectivity index (χ1n) is 28.3. The number of likely N-dealkylation sites (N-methyl/N-ethyl adjacent to an activating group) is 1. The van der Waals surface area contributed by atoms with E-state index in [2.05, 4.69) is 98.9 Å². The third-order valence-corrected chi connectivity index (χ3v) is 12.9. The number of hydrogen-bond acceptors (Lipinski definition) is 8. The van der Waals surface area contributed by atoms with Gasteiger partial charge in [0.2, 0.25) is 0 Å². The van der Waals surface area contributed by atoms with E-state index in [1.165, 1.54) is 103 Å². The minimum absolute atomic E-state index is 0.0311. The van der Waals surface area contributed by atoms with Crippen LogP contribution in [0.4, 0.5) is 0 Å². The molecule has 0 fully saturated rings. The van der Waals surface area contributed by atoms with Gasteiger partial charge in [-0.3, -0.25) is 14.2 Å². The Morgan fingerprint density at radius 1 is 0.457 bits per heavy atom. The fourth-order valence-corrected chi connectivity index (χ4v) is 8.31. The van der Waals surface area contributed by atoms with Crippen LogP contribution >= 0.6 is 7.82 Å². The molecule has 0 aromatic rings. The highest BCUT2D eigenvalue weighted by Gasteiger charge is 2.21. The zero-order valence-corrected chi connectivity index (χ0v) is 46.6. The Morgan fingerprint density at radius 3 is 1.21 bits per heavy atom. The van der Waals surface area contributed by atoms with Crippen LogP contribution in [-0.2, 0) is 32.7 Å². The number of esters is 2. The number of phosphoric acid groups is 1. The fraction of sp³-hybridized carbons (Fsp3) is 0.733. The van der Waals surface area contributed by atoms with E-state index in [4.69, 9.17) is 18.5 Å². The Labute approximate surface area is 431 Å². The zero-order chi connectivity index (χ0) is 51.3. The Bertz CT molecular complexity index is 1460. The van der Waals surface area contributed by atoms with E-state index in [0.717, 1.165) is 96.3 Å². The summed E-state index contributed by atoms with van der Waals surface area (Å²) < 4.78 is 33.8. The van der Waals surface area contributed by atoms with Crippen molar-refractivity contribution in [3.05, 3.63) is 85.1 Å². The van der Waals surface area contributed by atoms with Crippen molar-refractivity contribution in [3.8, 4) is 0 Å². The number of carbonyl (C=O) groups excluding carboxylic acids is 2. The van der Waals surface area contributed by atoms with Gasteiger partial charge >= 0.3 is 11.9 Å². The smallest absolute Gasteiger partial charge is 0.306 e. The quantitative estimate of drug-likeness (QED) is 0.0195. The van der Waals surface area contributed by atoms with Gasteiger partial charge in [0.25, 0.3) is 7.82 Å². The number of hydrogen-bond donors (Lipinski definition) is 0. The van der Waals surface area contributed by atoms with Gasteiger partial charge in [0.1, 0.15) is 19.8 Å². The SMILES string of the molecule is CC/C=C\C/C=C\C/C=C\C/C=C\C/C=C\C/C=C\C/C=C\CCCCCCCCCCCCCCCCCCCCCC(=O)OC(COC(=O)CCCCCCC)COP(=O)([O-])OCC[N+](C)(C)C. The summed E-state index contributed by atoms with van der Waals surface area (Å²) in [7, 11) is 1.17. The predicted octanol–water partition coefficient (Wildman–Crippen LogP) is 16.8. The molecule has 9 nitrogen and oxygen atoms in total. The largest absolute Gasteiger partial charge is 0.756 e. The van der Waals surface area contributed by atoms with Crippen molar-refractivity contribution in [1.29, 1.82) is 0 Å².